The molecule has 0 atom stereocenters. The fraction of sp³-hybridized carbons (Fsp3) is 0.364. The van der Waals surface area contributed by atoms with Crippen molar-refractivity contribution in [2.75, 3.05) is 6.61 Å². The second-order valence-corrected chi connectivity index (χ2v) is 2.16. The molecule has 0 saturated heterocycles. The summed E-state index contributed by atoms with van der Waals surface area (Å²) in [5.74, 6) is 0.962. The second kappa shape index (κ2) is 15.7. The quantitative estimate of drug-likeness (QED) is 0.552. The maximum absolute atomic E-state index is 5.36. The molecule has 0 heterocycles. The molecule has 14 heavy (non-hydrogen) atoms. The van der Waals surface area contributed by atoms with Crippen LogP contribution in [0.2, 0.25) is 0 Å². The van der Waals surface area contributed by atoms with Gasteiger partial charge in [0.05, 0.1) is 6.61 Å². The summed E-state index contributed by atoms with van der Waals surface area (Å²) in [6.45, 7) is 7.91. The molecule has 0 aliphatic heterocycles. The maximum atomic E-state index is 5.36. The molecule has 0 bridgehead atoms. The van der Waals surface area contributed by atoms with Crippen molar-refractivity contribution in [1.82, 2.24) is 0 Å². The Bertz CT molecular complexity index is 180. The molecule has 1 rings (SSSR count). The van der Waals surface area contributed by atoms with Gasteiger partial charge in [-0.1, -0.05) is 25.1 Å². The summed E-state index contributed by atoms with van der Waals surface area (Å²) in [7, 11) is 0. The molecule has 1 aromatic carbocycles. The van der Waals surface area contributed by atoms with Crippen LogP contribution < -0.4 is 21.7 Å². The summed E-state index contributed by atoms with van der Waals surface area (Å²) in [4.78, 5) is 0. The van der Waals surface area contributed by atoms with Gasteiger partial charge in [0.15, 0.2) is 0 Å². The van der Waals surface area contributed by atoms with E-state index in [1.807, 2.05) is 30.3 Å². The molecule has 0 saturated carbocycles. The largest absolute Gasteiger partial charge is 2.00 e. The van der Waals surface area contributed by atoms with Crippen molar-refractivity contribution in [3.8, 4) is 5.75 Å². The topological polar surface area (TPSA) is 9.23 Å². The third-order valence-electron chi connectivity index (χ3n) is 1.22. The first kappa shape index (κ1) is 19.8. The third-order valence-corrected chi connectivity index (χ3v) is 1.22. The van der Waals surface area contributed by atoms with Gasteiger partial charge in [-0.2, -0.15) is 6.92 Å². The minimum atomic E-state index is 0. The van der Waals surface area contributed by atoms with Gasteiger partial charge in [0, 0.05) is 0 Å². The van der Waals surface area contributed by atoms with E-state index in [0.717, 1.165) is 18.8 Å². The summed E-state index contributed by atoms with van der Waals surface area (Å²) in [5.41, 5.74) is 0. The number of benzene rings is 1. The number of hydrogen-bond donors (Lipinski definition) is 0. The summed E-state index contributed by atoms with van der Waals surface area (Å²) in [6, 6.07) is 9.88. The number of hydrogen-bond acceptors (Lipinski definition) is 1. The van der Waals surface area contributed by atoms with Crippen LogP contribution in [0.25, 0.3) is 0 Å². The molecule has 1 nitrogen and oxygen atoms in total. The smallest absolute Gasteiger partial charge is 1.00 e. The van der Waals surface area contributed by atoms with Gasteiger partial charge in [0.2, 0.25) is 0 Å². The summed E-state index contributed by atoms with van der Waals surface area (Å²) in [6.07, 6.45) is 1.06. The van der Waals surface area contributed by atoms with Crippen LogP contribution in [-0.4, -0.2) is 29.7 Å². The molecule has 0 spiro atoms. The number of para-hydroxylation sites is 1. The van der Waals surface area contributed by atoms with Crippen LogP contribution in [-0.2, 0) is 0 Å². The Morgan fingerprint density at radius 3 is 2.07 bits per heavy atom. The Kier molecular flexibility index (Phi) is 22.2. The van der Waals surface area contributed by atoms with Crippen LogP contribution in [0.1, 0.15) is 20.3 Å². The molecule has 0 N–H and O–H groups in total. The first-order valence-electron chi connectivity index (χ1n) is 4.32. The molecule has 0 aromatic heterocycles. The fourth-order valence-corrected chi connectivity index (χ4v) is 0.737. The zero-order valence-corrected chi connectivity index (χ0v) is 12.0. The molecule has 1 aromatic rings. The Morgan fingerprint density at radius 2 is 1.64 bits per heavy atom. The first-order valence-corrected chi connectivity index (χ1v) is 4.32. The van der Waals surface area contributed by atoms with Gasteiger partial charge in [0.25, 0.3) is 0 Å². The summed E-state index contributed by atoms with van der Waals surface area (Å²) in [5, 5.41) is 0. The average molecular weight is 269 g/mol. The van der Waals surface area contributed by atoms with Gasteiger partial charge in [-0.3, -0.25) is 0 Å². The van der Waals surface area contributed by atoms with E-state index >= 15 is 0 Å². The van der Waals surface area contributed by atoms with Crippen molar-refractivity contribution in [2.45, 2.75) is 20.3 Å². The Labute approximate surface area is 114 Å². The predicted molar refractivity (Wildman–Crippen MR) is 59.0 cm³/mol. The SMILES string of the molecule is CCCOc1ccccc1.[Br-].[CH2-]C.[Mg+2]. The van der Waals surface area contributed by atoms with Crippen LogP contribution in [0.15, 0.2) is 30.3 Å². The van der Waals surface area contributed by atoms with Crippen molar-refractivity contribution in [3.05, 3.63) is 37.3 Å². The van der Waals surface area contributed by atoms with E-state index in [2.05, 4.69) is 13.8 Å². The van der Waals surface area contributed by atoms with Crippen LogP contribution >= 0.6 is 0 Å². The molecule has 3 heteroatoms. The minimum absolute atomic E-state index is 0. The number of ether oxygens (including phenoxy) is 1. The standard InChI is InChI=1S/C9H12O.C2H5.BrH.Mg/c1-2-8-10-9-6-4-3-5-7-9;1-2;;/h3-7H,2,8H2,1H3;1H2,2H3;1H;/q;-1;;+2/p-1. The summed E-state index contributed by atoms with van der Waals surface area (Å²) >= 11 is 0. The molecule has 0 radical (unpaired) electrons. The van der Waals surface area contributed by atoms with Crippen molar-refractivity contribution >= 4 is 23.1 Å². The third kappa shape index (κ3) is 10.3. The normalized spacial score (nSPS) is 7.07. The van der Waals surface area contributed by atoms with Crippen molar-refractivity contribution in [2.24, 2.45) is 0 Å². The van der Waals surface area contributed by atoms with Crippen LogP contribution in [0.4, 0.5) is 0 Å². The van der Waals surface area contributed by atoms with Crippen LogP contribution in [0.3, 0.4) is 0 Å². The predicted octanol–water partition coefficient (Wildman–Crippen LogP) is -0.0610. The zero-order valence-electron chi connectivity index (χ0n) is 9.00. The second-order valence-electron chi connectivity index (χ2n) is 2.16. The van der Waals surface area contributed by atoms with Crippen molar-refractivity contribution in [3.63, 3.8) is 0 Å². The number of rotatable bonds is 3. The van der Waals surface area contributed by atoms with Crippen LogP contribution in [0, 0.1) is 6.92 Å². The Hall–Kier alpha value is 0.266. The molecule has 0 unspecified atom stereocenters. The molecule has 76 valence electrons. The van der Waals surface area contributed by atoms with Gasteiger partial charge in [-0.25, -0.2) is 0 Å². The fourth-order valence-electron chi connectivity index (χ4n) is 0.737. The van der Waals surface area contributed by atoms with Crippen molar-refractivity contribution in [1.29, 1.82) is 0 Å². The zero-order chi connectivity index (χ0) is 9.23. The minimum Gasteiger partial charge on any atom is -1.00 e. The average Bonchev–Trinajstić information content (AvgIpc) is 2.19. The molecular weight excluding hydrogens is 252 g/mol. The molecule has 0 fully saturated rings. The van der Waals surface area contributed by atoms with E-state index in [1.54, 1.807) is 6.92 Å². The van der Waals surface area contributed by atoms with Crippen LogP contribution in [0.5, 0.6) is 5.75 Å². The van der Waals surface area contributed by atoms with E-state index in [9.17, 15) is 0 Å². The molecule has 0 aliphatic carbocycles. The monoisotopic (exact) mass is 268 g/mol. The van der Waals surface area contributed by atoms with Gasteiger partial charge in [0.1, 0.15) is 5.75 Å². The van der Waals surface area contributed by atoms with Gasteiger partial charge >= 0.3 is 23.1 Å². The molecule has 0 aliphatic rings. The van der Waals surface area contributed by atoms with E-state index in [1.165, 1.54) is 0 Å². The number of halogens is 1. The Morgan fingerprint density at radius 1 is 1.14 bits per heavy atom. The van der Waals surface area contributed by atoms with Gasteiger partial charge in [-0.15, -0.1) is 0 Å². The van der Waals surface area contributed by atoms with E-state index in [-0.39, 0.29) is 40.0 Å². The molecule has 0 amide bonds. The van der Waals surface area contributed by atoms with E-state index in [4.69, 9.17) is 4.74 Å². The molecular formula is C11H17BrMgO. The summed E-state index contributed by atoms with van der Waals surface area (Å²) < 4.78 is 5.36. The van der Waals surface area contributed by atoms with E-state index < -0.39 is 0 Å². The first-order chi connectivity index (χ1) is 5.93. The van der Waals surface area contributed by atoms with Gasteiger partial charge in [-0.05, 0) is 18.6 Å². The van der Waals surface area contributed by atoms with Crippen molar-refractivity contribution < 1.29 is 21.7 Å². The van der Waals surface area contributed by atoms with E-state index in [0.29, 0.717) is 0 Å². The Balaban J connectivity index is -0.000000284. The van der Waals surface area contributed by atoms with Gasteiger partial charge < -0.3 is 28.6 Å². The maximum Gasteiger partial charge on any atom is 2.00 e.